The SMILES string of the molecule is Cc1ccccc1CCCCCCC1CCCCC1. The van der Waals surface area contributed by atoms with E-state index in [2.05, 4.69) is 31.2 Å². The van der Waals surface area contributed by atoms with Crippen LogP contribution in [0.15, 0.2) is 24.3 Å². The zero-order valence-corrected chi connectivity index (χ0v) is 12.7. The summed E-state index contributed by atoms with van der Waals surface area (Å²) in [7, 11) is 0. The van der Waals surface area contributed by atoms with E-state index < -0.39 is 0 Å². The lowest BCUT2D eigenvalue weighted by Crippen LogP contribution is -2.05. The minimum atomic E-state index is 1.07. The Balaban J connectivity index is 1.51. The number of aryl methyl sites for hydroxylation is 2. The van der Waals surface area contributed by atoms with Gasteiger partial charge in [-0.2, -0.15) is 0 Å². The van der Waals surface area contributed by atoms with E-state index in [4.69, 9.17) is 0 Å². The summed E-state index contributed by atoms with van der Waals surface area (Å²) < 4.78 is 0. The van der Waals surface area contributed by atoms with Crippen LogP contribution in [0.5, 0.6) is 0 Å². The van der Waals surface area contributed by atoms with Gasteiger partial charge in [-0.05, 0) is 36.8 Å². The number of benzene rings is 1. The van der Waals surface area contributed by atoms with Crippen LogP contribution in [0.2, 0.25) is 0 Å². The van der Waals surface area contributed by atoms with Crippen LogP contribution in [0, 0.1) is 12.8 Å². The smallest absolute Gasteiger partial charge is 0.0276 e. The van der Waals surface area contributed by atoms with Crippen molar-refractivity contribution in [3.05, 3.63) is 35.4 Å². The molecular formula is C19H30. The lowest BCUT2D eigenvalue weighted by molar-refractivity contribution is 0.328. The summed E-state index contributed by atoms with van der Waals surface area (Å²) in [6.45, 7) is 2.23. The first-order valence-corrected chi connectivity index (χ1v) is 8.41. The molecule has 1 aromatic carbocycles. The Morgan fingerprint density at radius 2 is 1.63 bits per heavy atom. The highest BCUT2D eigenvalue weighted by Gasteiger charge is 2.12. The molecule has 0 unspecified atom stereocenters. The van der Waals surface area contributed by atoms with E-state index in [-0.39, 0.29) is 0 Å². The van der Waals surface area contributed by atoms with Gasteiger partial charge < -0.3 is 0 Å². The molecule has 0 spiro atoms. The topological polar surface area (TPSA) is 0 Å². The summed E-state index contributed by atoms with van der Waals surface area (Å²) in [6.07, 6.45) is 16.0. The highest BCUT2D eigenvalue weighted by molar-refractivity contribution is 5.25. The zero-order valence-electron chi connectivity index (χ0n) is 12.7. The van der Waals surface area contributed by atoms with Crippen molar-refractivity contribution in [2.75, 3.05) is 0 Å². The maximum absolute atomic E-state index is 2.29. The second-order valence-electron chi connectivity index (χ2n) is 6.38. The average Bonchev–Trinajstić information content (AvgIpc) is 2.45. The maximum Gasteiger partial charge on any atom is -0.0276 e. The minimum absolute atomic E-state index is 1.07. The largest absolute Gasteiger partial charge is 0.0620 e. The molecule has 0 heterocycles. The lowest BCUT2D eigenvalue weighted by Gasteiger charge is -2.21. The molecule has 1 aliphatic carbocycles. The summed E-state index contributed by atoms with van der Waals surface area (Å²) in [5.41, 5.74) is 3.01. The molecule has 106 valence electrons. The van der Waals surface area contributed by atoms with Gasteiger partial charge in [0, 0.05) is 0 Å². The molecule has 19 heavy (non-hydrogen) atoms. The number of unbranched alkanes of at least 4 members (excludes halogenated alkanes) is 3. The molecular weight excluding hydrogens is 228 g/mol. The predicted octanol–water partition coefficient (Wildman–Crippen LogP) is 6.07. The minimum Gasteiger partial charge on any atom is -0.0620 e. The molecule has 0 bridgehead atoms. The second-order valence-corrected chi connectivity index (χ2v) is 6.38. The fourth-order valence-electron chi connectivity index (χ4n) is 3.47. The van der Waals surface area contributed by atoms with Gasteiger partial charge in [0.05, 0.1) is 0 Å². The summed E-state index contributed by atoms with van der Waals surface area (Å²) in [5.74, 6) is 1.07. The van der Waals surface area contributed by atoms with Crippen LogP contribution in [0.4, 0.5) is 0 Å². The third-order valence-corrected chi connectivity index (χ3v) is 4.79. The summed E-state index contributed by atoms with van der Waals surface area (Å²) in [4.78, 5) is 0. The quantitative estimate of drug-likeness (QED) is 0.521. The standard InChI is InChI=1S/C19H30/c1-17-11-9-10-16-19(17)15-8-3-2-5-12-18-13-6-4-7-14-18/h9-11,16,18H,2-8,12-15H2,1H3. The van der Waals surface area contributed by atoms with Gasteiger partial charge >= 0.3 is 0 Å². The van der Waals surface area contributed by atoms with Crippen molar-refractivity contribution < 1.29 is 0 Å². The monoisotopic (exact) mass is 258 g/mol. The van der Waals surface area contributed by atoms with Crippen molar-refractivity contribution in [2.24, 2.45) is 5.92 Å². The molecule has 2 rings (SSSR count). The van der Waals surface area contributed by atoms with Crippen LogP contribution in [-0.2, 0) is 6.42 Å². The Labute approximate surface area is 119 Å². The Bertz CT molecular complexity index is 347. The van der Waals surface area contributed by atoms with Crippen molar-refractivity contribution in [1.82, 2.24) is 0 Å². The van der Waals surface area contributed by atoms with Gasteiger partial charge in [0.25, 0.3) is 0 Å². The predicted molar refractivity (Wildman–Crippen MR) is 84.5 cm³/mol. The van der Waals surface area contributed by atoms with E-state index in [1.807, 2.05) is 0 Å². The van der Waals surface area contributed by atoms with Crippen molar-refractivity contribution in [1.29, 1.82) is 0 Å². The molecule has 1 aliphatic rings. The van der Waals surface area contributed by atoms with Gasteiger partial charge in [-0.25, -0.2) is 0 Å². The fraction of sp³-hybridized carbons (Fsp3) is 0.684. The van der Waals surface area contributed by atoms with Crippen molar-refractivity contribution in [2.45, 2.75) is 77.6 Å². The number of hydrogen-bond acceptors (Lipinski definition) is 0. The van der Waals surface area contributed by atoms with E-state index in [1.54, 1.807) is 5.56 Å². The van der Waals surface area contributed by atoms with E-state index in [0.717, 1.165) is 5.92 Å². The molecule has 0 aliphatic heterocycles. The molecule has 0 amide bonds. The Morgan fingerprint density at radius 3 is 2.42 bits per heavy atom. The van der Waals surface area contributed by atoms with Crippen LogP contribution in [0.25, 0.3) is 0 Å². The van der Waals surface area contributed by atoms with Gasteiger partial charge in [-0.3, -0.25) is 0 Å². The molecule has 0 atom stereocenters. The maximum atomic E-state index is 2.29. The summed E-state index contributed by atoms with van der Waals surface area (Å²) in [5, 5.41) is 0. The van der Waals surface area contributed by atoms with Gasteiger partial charge in [0.2, 0.25) is 0 Å². The normalized spacial score (nSPS) is 16.7. The molecule has 0 saturated heterocycles. The van der Waals surface area contributed by atoms with E-state index in [0.29, 0.717) is 0 Å². The second kappa shape index (κ2) is 8.40. The highest BCUT2D eigenvalue weighted by atomic mass is 14.2. The van der Waals surface area contributed by atoms with E-state index >= 15 is 0 Å². The van der Waals surface area contributed by atoms with Crippen molar-refractivity contribution in [3.63, 3.8) is 0 Å². The van der Waals surface area contributed by atoms with Gasteiger partial charge in [0.1, 0.15) is 0 Å². The molecule has 1 saturated carbocycles. The molecule has 0 N–H and O–H groups in total. The summed E-state index contributed by atoms with van der Waals surface area (Å²) in [6, 6.07) is 8.84. The zero-order chi connectivity index (χ0) is 13.3. The van der Waals surface area contributed by atoms with Gasteiger partial charge in [-0.15, -0.1) is 0 Å². The van der Waals surface area contributed by atoms with Gasteiger partial charge in [-0.1, -0.05) is 82.1 Å². The first-order chi connectivity index (χ1) is 9.36. The number of rotatable bonds is 7. The van der Waals surface area contributed by atoms with Crippen LogP contribution in [0.1, 0.15) is 75.3 Å². The molecule has 1 aromatic rings. The average molecular weight is 258 g/mol. The first kappa shape index (κ1) is 14.6. The molecule has 0 heteroatoms. The van der Waals surface area contributed by atoms with Gasteiger partial charge in [0.15, 0.2) is 0 Å². The Morgan fingerprint density at radius 1 is 0.895 bits per heavy atom. The lowest BCUT2D eigenvalue weighted by atomic mass is 9.85. The fourth-order valence-corrected chi connectivity index (χ4v) is 3.47. The van der Waals surface area contributed by atoms with E-state index in [1.165, 1.54) is 76.2 Å². The van der Waals surface area contributed by atoms with Crippen LogP contribution in [0.3, 0.4) is 0 Å². The summed E-state index contributed by atoms with van der Waals surface area (Å²) >= 11 is 0. The van der Waals surface area contributed by atoms with Crippen molar-refractivity contribution in [3.8, 4) is 0 Å². The van der Waals surface area contributed by atoms with Crippen molar-refractivity contribution >= 4 is 0 Å². The first-order valence-electron chi connectivity index (χ1n) is 8.41. The third kappa shape index (κ3) is 5.38. The molecule has 0 radical (unpaired) electrons. The van der Waals surface area contributed by atoms with Crippen LogP contribution < -0.4 is 0 Å². The Hall–Kier alpha value is -0.780. The molecule has 0 aromatic heterocycles. The third-order valence-electron chi connectivity index (χ3n) is 4.79. The number of hydrogen-bond donors (Lipinski definition) is 0. The van der Waals surface area contributed by atoms with Crippen LogP contribution >= 0.6 is 0 Å². The Kier molecular flexibility index (Phi) is 6.47. The molecule has 1 fully saturated rings. The van der Waals surface area contributed by atoms with Crippen LogP contribution in [-0.4, -0.2) is 0 Å². The highest BCUT2D eigenvalue weighted by Crippen LogP contribution is 2.28. The molecule has 0 nitrogen and oxygen atoms in total. The van der Waals surface area contributed by atoms with E-state index in [9.17, 15) is 0 Å².